The summed E-state index contributed by atoms with van der Waals surface area (Å²) < 4.78 is 0. The zero-order chi connectivity index (χ0) is 14.5. The zero-order valence-electron chi connectivity index (χ0n) is 12.6. The third kappa shape index (κ3) is 4.72. The summed E-state index contributed by atoms with van der Waals surface area (Å²) in [6.45, 7) is 5.28. The summed E-state index contributed by atoms with van der Waals surface area (Å²) in [4.78, 5) is 30.6. The summed E-state index contributed by atoms with van der Waals surface area (Å²) in [5.74, 6) is 1.46. The molecule has 2 fully saturated rings. The number of amides is 3. The standard InChI is InChI=1S/C13H23N5O2.HI/c1-10-3-6-17(7-4-10)12(14-2)15-5-8-18-11(19)9-16-13(18)20;/h10H,3-9H2,1-2H3,(H,14,15)(H,16,20);1H. The molecule has 0 spiro atoms. The smallest absolute Gasteiger partial charge is 0.324 e. The van der Waals surface area contributed by atoms with Crippen LogP contribution in [0.15, 0.2) is 4.99 Å². The number of nitrogens with one attached hydrogen (secondary N) is 2. The zero-order valence-corrected chi connectivity index (χ0v) is 14.9. The van der Waals surface area contributed by atoms with E-state index in [-0.39, 0.29) is 42.5 Å². The van der Waals surface area contributed by atoms with Crippen LogP contribution in [0.4, 0.5) is 4.79 Å². The van der Waals surface area contributed by atoms with Crippen LogP contribution in [0.1, 0.15) is 19.8 Å². The van der Waals surface area contributed by atoms with Crippen LogP contribution in [0.5, 0.6) is 0 Å². The Hall–Kier alpha value is -1.06. The third-order valence-corrected chi connectivity index (χ3v) is 3.85. The molecule has 0 unspecified atom stereocenters. The van der Waals surface area contributed by atoms with E-state index in [9.17, 15) is 9.59 Å². The topological polar surface area (TPSA) is 77.0 Å². The van der Waals surface area contributed by atoms with Crippen LogP contribution in [-0.4, -0.2) is 67.5 Å². The molecule has 120 valence electrons. The number of aliphatic imine (C=N–C) groups is 1. The number of carbonyl (C=O) groups excluding carboxylic acids is 2. The van der Waals surface area contributed by atoms with Crippen LogP contribution >= 0.6 is 24.0 Å². The Morgan fingerprint density at radius 2 is 2.05 bits per heavy atom. The quantitative estimate of drug-likeness (QED) is 0.308. The first-order chi connectivity index (χ1) is 9.61. The molecule has 2 aliphatic rings. The van der Waals surface area contributed by atoms with Crippen LogP contribution in [0.25, 0.3) is 0 Å². The average molecular weight is 409 g/mol. The number of piperidine rings is 1. The Morgan fingerprint density at radius 3 is 2.57 bits per heavy atom. The predicted octanol–water partition coefficient (Wildman–Crippen LogP) is 0.463. The summed E-state index contributed by atoms with van der Waals surface area (Å²) in [5, 5.41) is 5.73. The lowest BCUT2D eigenvalue weighted by Crippen LogP contribution is -2.47. The molecular formula is C13H24IN5O2. The van der Waals surface area contributed by atoms with Gasteiger partial charge in [0.2, 0.25) is 5.91 Å². The maximum Gasteiger partial charge on any atom is 0.324 e. The molecular weight excluding hydrogens is 385 g/mol. The molecule has 0 aromatic carbocycles. The SMILES string of the molecule is CN=C(NCCN1C(=O)CNC1=O)N1CCC(C)CC1.I. The van der Waals surface area contributed by atoms with E-state index >= 15 is 0 Å². The van der Waals surface area contributed by atoms with Gasteiger partial charge >= 0.3 is 6.03 Å². The maximum absolute atomic E-state index is 11.4. The highest BCUT2D eigenvalue weighted by Gasteiger charge is 2.28. The van der Waals surface area contributed by atoms with Crippen molar-refractivity contribution in [2.75, 3.05) is 39.8 Å². The van der Waals surface area contributed by atoms with E-state index in [4.69, 9.17) is 0 Å². The lowest BCUT2D eigenvalue weighted by Gasteiger charge is -2.33. The molecule has 0 aromatic heterocycles. The van der Waals surface area contributed by atoms with Gasteiger partial charge in [0, 0.05) is 33.2 Å². The normalized spacial score (nSPS) is 20.4. The molecule has 0 radical (unpaired) electrons. The number of nitrogens with zero attached hydrogens (tertiary/aromatic N) is 3. The molecule has 0 aromatic rings. The van der Waals surface area contributed by atoms with Crippen molar-refractivity contribution in [1.82, 2.24) is 20.4 Å². The van der Waals surface area contributed by atoms with Gasteiger partial charge in [-0.1, -0.05) is 6.92 Å². The fourth-order valence-electron chi connectivity index (χ4n) is 2.51. The minimum absolute atomic E-state index is 0. The Balaban J connectivity index is 0.00000220. The second-order valence-electron chi connectivity index (χ2n) is 5.35. The summed E-state index contributed by atoms with van der Waals surface area (Å²) in [6, 6.07) is -0.307. The van der Waals surface area contributed by atoms with Crippen molar-refractivity contribution >= 4 is 41.9 Å². The average Bonchev–Trinajstić information content (AvgIpc) is 2.76. The number of hydrogen-bond donors (Lipinski definition) is 2. The van der Waals surface area contributed by atoms with Gasteiger partial charge in [-0.15, -0.1) is 24.0 Å². The Kier molecular flexibility index (Phi) is 7.20. The van der Waals surface area contributed by atoms with Gasteiger partial charge in [0.05, 0.1) is 6.54 Å². The van der Waals surface area contributed by atoms with E-state index in [2.05, 4.69) is 27.4 Å². The molecule has 0 bridgehead atoms. The second kappa shape index (κ2) is 8.40. The molecule has 0 saturated carbocycles. The first kappa shape index (κ1) is 18.0. The number of hydrogen-bond acceptors (Lipinski definition) is 3. The van der Waals surface area contributed by atoms with Crippen molar-refractivity contribution < 1.29 is 9.59 Å². The minimum atomic E-state index is -0.307. The van der Waals surface area contributed by atoms with E-state index < -0.39 is 0 Å². The Morgan fingerprint density at radius 1 is 1.38 bits per heavy atom. The van der Waals surface area contributed by atoms with Crippen LogP contribution in [0, 0.1) is 5.92 Å². The summed E-state index contributed by atoms with van der Waals surface area (Å²) in [6.07, 6.45) is 2.35. The number of guanidine groups is 1. The monoisotopic (exact) mass is 409 g/mol. The van der Waals surface area contributed by atoms with Gasteiger partial charge < -0.3 is 15.5 Å². The van der Waals surface area contributed by atoms with Crippen molar-refractivity contribution in [1.29, 1.82) is 0 Å². The fraction of sp³-hybridized carbons (Fsp3) is 0.769. The largest absolute Gasteiger partial charge is 0.354 e. The van der Waals surface area contributed by atoms with E-state index in [0.29, 0.717) is 13.1 Å². The number of imide groups is 1. The van der Waals surface area contributed by atoms with E-state index in [1.54, 1.807) is 7.05 Å². The Bertz CT molecular complexity index is 391. The molecule has 7 nitrogen and oxygen atoms in total. The summed E-state index contributed by atoms with van der Waals surface area (Å²) >= 11 is 0. The molecule has 2 heterocycles. The molecule has 3 amide bonds. The molecule has 2 aliphatic heterocycles. The van der Waals surface area contributed by atoms with Crippen LogP contribution in [-0.2, 0) is 4.79 Å². The summed E-state index contributed by atoms with van der Waals surface area (Å²) in [5.41, 5.74) is 0. The van der Waals surface area contributed by atoms with E-state index in [1.165, 1.54) is 17.7 Å². The van der Waals surface area contributed by atoms with Gasteiger partial charge in [-0.05, 0) is 18.8 Å². The number of carbonyl (C=O) groups is 2. The van der Waals surface area contributed by atoms with Gasteiger partial charge in [0.1, 0.15) is 0 Å². The fourth-order valence-corrected chi connectivity index (χ4v) is 2.51. The van der Waals surface area contributed by atoms with Gasteiger partial charge in [-0.2, -0.15) is 0 Å². The highest BCUT2D eigenvalue weighted by atomic mass is 127. The highest BCUT2D eigenvalue weighted by molar-refractivity contribution is 14.0. The van der Waals surface area contributed by atoms with Gasteiger partial charge in [-0.3, -0.25) is 14.7 Å². The first-order valence-electron chi connectivity index (χ1n) is 7.15. The van der Waals surface area contributed by atoms with Crippen LogP contribution in [0.3, 0.4) is 0 Å². The molecule has 2 N–H and O–H groups in total. The molecule has 2 saturated heterocycles. The predicted molar refractivity (Wildman–Crippen MR) is 91.9 cm³/mol. The van der Waals surface area contributed by atoms with E-state index in [0.717, 1.165) is 25.0 Å². The number of likely N-dealkylation sites (tertiary alicyclic amines) is 1. The lowest BCUT2D eigenvalue weighted by atomic mass is 10.00. The Labute approximate surface area is 142 Å². The number of urea groups is 1. The molecule has 0 aliphatic carbocycles. The number of rotatable bonds is 3. The van der Waals surface area contributed by atoms with Crippen molar-refractivity contribution in [2.24, 2.45) is 10.9 Å². The van der Waals surface area contributed by atoms with Crippen LogP contribution in [0.2, 0.25) is 0 Å². The summed E-state index contributed by atoms with van der Waals surface area (Å²) in [7, 11) is 1.76. The van der Waals surface area contributed by atoms with Crippen molar-refractivity contribution in [3.05, 3.63) is 0 Å². The van der Waals surface area contributed by atoms with Gasteiger partial charge in [-0.25, -0.2) is 4.79 Å². The van der Waals surface area contributed by atoms with Crippen molar-refractivity contribution in [3.63, 3.8) is 0 Å². The van der Waals surface area contributed by atoms with Crippen LogP contribution < -0.4 is 10.6 Å². The lowest BCUT2D eigenvalue weighted by molar-refractivity contribution is -0.124. The van der Waals surface area contributed by atoms with Crippen molar-refractivity contribution in [2.45, 2.75) is 19.8 Å². The van der Waals surface area contributed by atoms with E-state index in [1.807, 2.05) is 0 Å². The molecule has 21 heavy (non-hydrogen) atoms. The van der Waals surface area contributed by atoms with Gasteiger partial charge in [0.15, 0.2) is 5.96 Å². The molecule has 0 atom stereocenters. The first-order valence-corrected chi connectivity index (χ1v) is 7.15. The van der Waals surface area contributed by atoms with Crippen molar-refractivity contribution in [3.8, 4) is 0 Å². The van der Waals surface area contributed by atoms with Gasteiger partial charge in [0.25, 0.3) is 0 Å². The number of halogens is 1. The third-order valence-electron chi connectivity index (χ3n) is 3.85. The molecule has 8 heteroatoms. The highest BCUT2D eigenvalue weighted by Crippen LogP contribution is 2.15. The maximum atomic E-state index is 11.4. The minimum Gasteiger partial charge on any atom is -0.354 e. The second-order valence-corrected chi connectivity index (χ2v) is 5.35. The molecule has 2 rings (SSSR count).